The Labute approximate surface area is 173 Å². The number of nitrogens with zero attached hydrogens (tertiary/aromatic N) is 5. The standard InChI is InChI=1S/C22H22N6O2/c1-15-20-16(2)28(18-8-4-3-5-9-18)26-21(20)22(30)27(25-15)12-10-19(29)24-14-17-7-6-11-23-13-17/h3-9,11,13H,10,12,14H2,1-2H3,(H,24,29). The molecular weight excluding hydrogens is 380 g/mol. The molecule has 4 rings (SSSR count). The van der Waals surface area contributed by atoms with Crippen molar-refractivity contribution in [3.05, 3.63) is 82.2 Å². The topological polar surface area (TPSA) is 94.7 Å². The fourth-order valence-electron chi connectivity index (χ4n) is 3.46. The molecule has 0 aliphatic rings. The Hall–Kier alpha value is -3.81. The van der Waals surface area contributed by atoms with Crippen LogP contribution in [0.15, 0.2) is 59.7 Å². The summed E-state index contributed by atoms with van der Waals surface area (Å²) in [6.07, 6.45) is 3.54. The van der Waals surface area contributed by atoms with Crippen LogP contribution in [0.4, 0.5) is 0 Å². The zero-order valence-corrected chi connectivity index (χ0v) is 16.9. The van der Waals surface area contributed by atoms with E-state index < -0.39 is 0 Å². The van der Waals surface area contributed by atoms with Crippen molar-refractivity contribution in [2.75, 3.05) is 0 Å². The number of para-hydroxylation sites is 1. The summed E-state index contributed by atoms with van der Waals surface area (Å²) in [6, 6.07) is 13.4. The third-order valence-electron chi connectivity index (χ3n) is 4.95. The van der Waals surface area contributed by atoms with Gasteiger partial charge < -0.3 is 5.32 Å². The Morgan fingerprint density at radius 1 is 1.07 bits per heavy atom. The molecule has 0 bridgehead atoms. The monoisotopic (exact) mass is 402 g/mol. The van der Waals surface area contributed by atoms with Crippen molar-refractivity contribution >= 4 is 16.8 Å². The fourth-order valence-corrected chi connectivity index (χ4v) is 3.46. The van der Waals surface area contributed by atoms with E-state index in [4.69, 9.17) is 0 Å². The predicted octanol–water partition coefficient (Wildman–Crippen LogP) is 2.30. The van der Waals surface area contributed by atoms with Gasteiger partial charge in [-0.15, -0.1) is 0 Å². The minimum absolute atomic E-state index is 0.149. The van der Waals surface area contributed by atoms with Gasteiger partial charge in [-0.3, -0.25) is 14.6 Å². The van der Waals surface area contributed by atoms with Crippen molar-refractivity contribution in [1.82, 2.24) is 29.9 Å². The first kappa shape index (κ1) is 19.5. The predicted molar refractivity (Wildman–Crippen MR) is 113 cm³/mol. The number of aromatic nitrogens is 5. The molecule has 152 valence electrons. The largest absolute Gasteiger partial charge is 0.352 e. The van der Waals surface area contributed by atoms with Gasteiger partial charge in [-0.2, -0.15) is 10.2 Å². The summed E-state index contributed by atoms with van der Waals surface area (Å²) in [6.45, 7) is 4.36. The number of nitrogens with one attached hydrogen (secondary N) is 1. The van der Waals surface area contributed by atoms with Gasteiger partial charge in [-0.05, 0) is 37.6 Å². The highest BCUT2D eigenvalue weighted by molar-refractivity contribution is 5.83. The van der Waals surface area contributed by atoms with Crippen LogP contribution in [-0.4, -0.2) is 30.5 Å². The molecule has 0 aliphatic carbocycles. The number of amides is 1. The Balaban J connectivity index is 1.54. The maximum Gasteiger partial charge on any atom is 0.295 e. The molecule has 0 atom stereocenters. The second-order valence-corrected chi connectivity index (χ2v) is 7.06. The number of hydrogen-bond acceptors (Lipinski definition) is 5. The fraction of sp³-hybridized carbons (Fsp3) is 0.227. The average Bonchev–Trinajstić information content (AvgIpc) is 3.13. The molecular formula is C22H22N6O2. The number of hydrogen-bond donors (Lipinski definition) is 1. The van der Waals surface area contributed by atoms with Crippen LogP contribution in [0.25, 0.3) is 16.6 Å². The number of fused-ring (bicyclic) bond motifs is 1. The van der Waals surface area contributed by atoms with Crippen LogP contribution >= 0.6 is 0 Å². The number of carbonyl (C=O) groups excluding carboxylic acids is 1. The van der Waals surface area contributed by atoms with Crippen molar-refractivity contribution in [3.63, 3.8) is 0 Å². The Kier molecular flexibility index (Phi) is 5.38. The molecule has 8 heteroatoms. The molecule has 0 radical (unpaired) electrons. The van der Waals surface area contributed by atoms with E-state index in [2.05, 4.69) is 20.5 Å². The third kappa shape index (κ3) is 3.84. The summed E-state index contributed by atoms with van der Waals surface area (Å²) in [5.41, 5.74) is 3.43. The van der Waals surface area contributed by atoms with E-state index in [1.54, 1.807) is 17.1 Å². The first-order valence-corrected chi connectivity index (χ1v) is 9.72. The van der Waals surface area contributed by atoms with E-state index in [0.29, 0.717) is 17.8 Å². The highest BCUT2D eigenvalue weighted by Crippen LogP contribution is 2.20. The van der Waals surface area contributed by atoms with E-state index in [0.717, 1.165) is 22.3 Å². The van der Waals surface area contributed by atoms with E-state index in [-0.39, 0.29) is 24.4 Å². The maximum absolute atomic E-state index is 13.0. The van der Waals surface area contributed by atoms with Gasteiger partial charge in [-0.1, -0.05) is 24.3 Å². The van der Waals surface area contributed by atoms with Crippen molar-refractivity contribution in [3.8, 4) is 5.69 Å². The van der Waals surface area contributed by atoms with Gasteiger partial charge >= 0.3 is 0 Å². The number of aryl methyl sites for hydroxylation is 3. The smallest absolute Gasteiger partial charge is 0.295 e. The number of pyridine rings is 1. The molecule has 0 spiro atoms. The van der Waals surface area contributed by atoms with Crippen LogP contribution in [0.2, 0.25) is 0 Å². The molecule has 1 amide bonds. The van der Waals surface area contributed by atoms with E-state index >= 15 is 0 Å². The molecule has 0 saturated heterocycles. The van der Waals surface area contributed by atoms with Crippen molar-refractivity contribution in [1.29, 1.82) is 0 Å². The van der Waals surface area contributed by atoms with Gasteiger partial charge in [-0.25, -0.2) is 9.36 Å². The number of rotatable bonds is 6. The van der Waals surface area contributed by atoms with Gasteiger partial charge in [0.05, 0.1) is 29.0 Å². The van der Waals surface area contributed by atoms with Crippen molar-refractivity contribution in [2.45, 2.75) is 33.4 Å². The lowest BCUT2D eigenvalue weighted by Crippen LogP contribution is -2.29. The Bertz CT molecular complexity index is 1250. The Morgan fingerprint density at radius 3 is 2.60 bits per heavy atom. The van der Waals surface area contributed by atoms with Crippen LogP contribution in [0.3, 0.4) is 0 Å². The SMILES string of the molecule is Cc1nn(CCC(=O)NCc2cccnc2)c(=O)c2nn(-c3ccccc3)c(C)c12. The molecule has 1 aromatic carbocycles. The quantitative estimate of drug-likeness (QED) is 0.534. The molecule has 0 aliphatic heterocycles. The second kappa shape index (κ2) is 8.28. The number of benzene rings is 1. The zero-order valence-electron chi connectivity index (χ0n) is 16.9. The van der Waals surface area contributed by atoms with Crippen LogP contribution < -0.4 is 10.9 Å². The summed E-state index contributed by atoms with van der Waals surface area (Å²) in [5, 5.41) is 12.5. The summed E-state index contributed by atoms with van der Waals surface area (Å²) < 4.78 is 3.08. The summed E-state index contributed by atoms with van der Waals surface area (Å²) in [5.74, 6) is -0.156. The molecule has 0 fully saturated rings. The molecule has 30 heavy (non-hydrogen) atoms. The summed E-state index contributed by atoms with van der Waals surface area (Å²) >= 11 is 0. The molecule has 0 saturated carbocycles. The normalized spacial score (nSPS) is 11.0. The zero-order chi connectivity index (χ0) is 21.1. The number of carbonyl (C=O) groups is 1. The van der Waals surface area contributed by atoms with Gasteiger partial charge in [0.25, 0.3) is 5.56 Å². The second-order valence-electron chi connectivity index (χ2n) is 7.06. The first-order chi connectivity index (χ1) is 14.5. The third-order valence-corrected chi connectivity index (χ3v) is 4.95. The van der Waals surface area contributed by atoms with Gasteiger partial charge in [0.1, 0.15) is 0 Å². The highest BCUT2D eigenvalue weighted by atomic mass is 16.2. The lowest BCUT2D eigenvalue weighted by Gasteiger charge is -2.08. The van der Waals surface area contributed by atoms with Crippen molar-refractivity contribution < 1.29 is 4.79 Å². The van der Waals surface area contributed by atoms with Gasteiger partial charge in [0.15, 0.2) is 5.52 Å². The van der Waals surface area contributed by atoms with Crippen LogP contribution in [0, 0.1) is 13.8 Å². The first-order valence-electron chi connectivity index (χ1n) is 9.72. The van der Waals surface area contributed by atoms with Gasteiger partial charge in [0.2, 0.25) is 5.91 Å². The van der Waals surface area contributed by atoms with Gasteiger partial charge in [0, 0.05) is 25.4 Å². The molecule has 0 unspecified atom stereocenters. The van der Waals surface area contributed by atoms with Crippen LogP contribution in [0.1, 0.15) is 23.4 Å². The highest BCUT2D eigenvalue weighted by Gasteiger charge is 2.17. The molecule has 4 aromatic rings. The molecule has 3 heterocycles. The van der Waals surface area contributed by atoms with E-state index in [9.17, 15) is 9.59 Å². The van der Waals surface area contributed by atoms with Crippen molar-refractivity contribution in [2.24, 2.45) is 0 Å². The Morgan fingerprint density at radius 2 is 1.87 bits per heavy atom. The molecule has 1 N–H and O–H groups in total. The minimum atomic E-state index is -0.298. The summed E-state index contributed by atoms with van der Waals surface area (Å²) in [7, 11) is 0. The lowest BCUT2D eigenvalue weighted by atomic mass is 10.2. The van der Waals surface area contributed by atoms with E-state index in [1.165, 1.54) is 4.68 Å². The molecule has 8 nitrogen and oxygen atoms in total. The minimum Gasteiger partial charge on any atom is -0.352 e. The van der Waals surface area contributed by atoms with Crippen LogP contribution in [-0.2, 0) is 17.9 Å². The lowest BCUT2D eigenvalue weighted by molar-refractivity contribution is -0.121. The molecule has 3 aromatic heterocycles. The summed E-state index contributed by atoms with van der Waals surface area (Å²) in [4.78, 5) is 29.2. The average molecular weight is 402 g/mol. The maximum atomic E-state index is 13.0. The van der Waals surface area contributed by atoms with E-state index in [1.807, 2.05) is 56.3 Å². The van der Waals surface area contributed by atoms with Crippen LogP contribution in [0.5, 0.6) is 0 Å².